The van der Waals surface area contributed by atoms with Gasteiger partial charge in [-0.15, -0.1) is 0 Å². The van der Waals surface area contributed by atoms with Crippen molar-refractivity contribution in [1.82, 2.24) is 9.47 Å². The van der Waals surface area contributed by atoms with Crippen molar-refractivity contribution in [3.05, 3.63) is 24.0 Å². The Hall–Kier alpha value is -0.800. The molecular weight excluding hydrogens is 212 g/mol. The van der Waals surface area contributed by atoms with Gasteiger partial charge in [0.2, 0.25) is 0 Å². The molecule has 3 nitrogen and oxygen atoms in total. The van der Waals surface area contributed by atoms with Gasteiger partial charge in [-0.25, -0.2) is 0 Å². The predicted octanol–water partition coefficient (Wildman–Crippen LogP) is 2.42. The van der Waals surface area contributed by atoms with Crippen LogP contribution in [0.15, 0.2) is 18.5 Å². The summed E-state index contributed by atoms with van der Waals surface area (Å²) in [5, 5.41) is 9.74. The summed E-state index contributed by atoms with van der Waals surface area (Å²) in [6.07, 6.45) is 8.75. The summed E-state index contributed by atoms with van der Waals surface area (Å²) < 4.78 is 2.20. The maximum absolute atomic E-state index is 9.74. The molecule has 1 aromatic heterocycles. The van der Waals surface area contributed by atoms with E-state index in [-0.39, 0.29) is 6.10 Å². The second-order valence-electron chi connectivity index (χ2n) is 5.01. The molecule has 1 aliphatic heterocycles. The van der Waals surface area contributed by atoms with Crippen molar-refractivity contribution in [2.24, 2.45) is 0 Å². The number of rotatable bonds is 5. The van der Waals surface area contributed by atoms with Gasteiger partial charge in [0.1, 0.15) is 0 Å². The van der Waals surface area contributed by atoms with E-state index in [0.29, 0.717) is 0 Å². The molecule has 0 aliphatic carbocycles. The molecule has 2 heterocycles. The summed E-state index contributed by atoms with van der Waals surface area (Å²) in [5.41, 5.74) is 1.05. The second-order valence-corrected chi connectivity index (χ2v) is 5.01. The first-order valence-electron chi connectivity index (χ1n) is 6.85. The second kappa shape index (κ2) is 6.22. The summed E-state index contributed by atoms with van der Waals surface area (Å²) in [6, 6.07) is 2.03. The number of aromatic nitrogens is 1. The minimum absolute atomic E-state index is 0.300. The summed E-state index contributed by atoms with van der Waals surface area (Å²) in [6.45, 7) is 6.69. The van der Waals surface area contributed by atoms with Crippen LogP contribution in [-0.4, -0.2) is 34.2 Å². The average molecular weight is 236 g/mol. The first kappa shape index (κ1) is 12.7. The smallest absolute Gasteiger partial charge is 0.0802 e. The average Bonchev–Trinajstić information content (AvgIpc) is 2.85. The normalized spacial score (nSPS) is 19.4. The fraction of sp³-hybridized carbons (Fsp3) is 0.714. The highest BCUT2D eigenvalue weighted by atomic mass is 16.3. The molecule has 3 heteroatoms. The van der Waals surface area contributed by atoms with Crippen LogP contribution in [0.4, 0.5) is 0 Å². The van der Waals surface area contributed by atoms with E-state index in [9.17, 15) is 5.11 Å². The molecule has 1 atom stereocenters. The molecule has 1 unspecified atom stereocenters. The quantitative estimate of drug-likeness (QED) is 0.850. The first-order chi connectivity index (χ1) is 8.29. The van der Waals surface area contributed by atoms with E-state index in [4.69, 9.17) is 0 Å². The third kappa shape index (κ3) is 3.58. The van der Waals surface area contributed by atoms with Gasteiger partial charge in [0.05, 0.1) is 6.10 Å². The monoisotopic (exact) mass is 236 g/mol. The Labute approximate surface area is 104 Å². The van der Waals surface area contributed by atoms with Gasteiger partial charge < -0.3 is 14.6 Å². The molecule has 0 radical (unpaired) electrons. The van der Waals surface area contributed by atoms with Crippen LogP contribution in [0.1, 0.15) is 44.3 Å². The van der Waals surface area contributed by atoms with Crippen molar-refractivity contribution in [1.29, 1.82) is 0 Å². The molecule has 2 rings (SSSR count). The largest absolute Gasteiger partial charge is 0.388 e. The van der Waals surface area contributed by atoms with Gasteiger partial charge in [-0.2, -0.15) is 0 Å². The maximum Gasteiger partial charge on any atom is 0.0802 e. The fourth-order valence-corrected chi connectivity index (χ4v) is 2.47. The molecule has 0 saturated carbocycles. The van der Waals surface area contributed by atoms with Crippen LogP contribution < -0.4 is 0 Å². The zero-order valence-electron chi connectivity index (χ0n) is 10.8. The lowest BCUT2D eigenvalue weighted by molar-refractivity contribution is 0.173. The van der Waals surface area contributed by atoms with E-state index in [1.54, 1.807) is 0 Å². The first-order valence-corrected chi connectivity index (χ1v) is 6.85. The van der Waals surface area contributed by atoms with Gasteiger partial charge in [0.25, 0.3) is 0 Å². The third-order valence-corrected chi connectivity index (χ3v) is 3.67. The topological polar surface area (TPSA) is 28.4 Å². The zero-order valence-corrected chi connectivity index (χ0v) is 10.8. The van der Waals surface area contributed by atoms with E-state index < -0.39 is 0 Å². The van der Waals surface area contributed by atoms with E-state index in [1.165, 1.54) is 32.4 Å². The molecular formula is C14H24N2O. The Morgan fingerprint density at radius 3 is 2.71 bits per heavy atom. The lowest BCUT2D eigenvalue weighted by Gasteiger charge is -2.26. The van der Waals surface area contributed by atoms with Crippen LogP contribution in [0.25, 0.3) is 0 Å². The van der Waals surface area contributed by atoms with Crippen molar-refractivity contribution >= 4 is 0 Å². The summed E-state index contributed by atoms with van der Waals surface area (Å²) in [7, 11) is 0. The summed E-state index contributed by atoms with van der Waals surface area (Å²) >= 11 is 0. The number of nitrogens with zero attached hydrogens (tertiary/aromatic N) is 2. The van der Waals surface area contributed by atoms with Crippen LogP contribution in [0.5, 0.6) is 0 Å². The molecule has 96 valence electrons. The molecule has 17 heavy (non-hydrogen) atoms. The number of aliphatic hydroxyl groups excluding tert-OH is 1. The van der Waals surface area contributed by atoms with Crippen molar-refractivity contribution in [2.45, 2.75) is 45.3 Å². The van der Waals surface area contributed by atoms with Gasteiger partial charge in [0.15, 0.2) is 0 Å². The van der Waals surface area contributed by atoms with E-state index in [0.717, 1.165) is 25.1 Å². The molecule has 0 aromatic carbocycles. The lowest BCUT2D eigenvalue weighted by Crippen LogP contribution is -2.32. The maximum atomic E-state index is 9.74. The van der Waals surface area contributed by atoms with Crippen molar-refractivity contribution in [2.75, 3.05) is 19.6 Å². The van der Waals surface area contributed by atoms with Gasteiger partial charge in [-0.1, -0.05) is 13.3 Å². The van der Waals surface area contributed by atoms with Crippen LogP contribution in [0.3, 0.4) is 0 Å². The predicted molar refractivity (Wildman–Crippen MR) is 70.0 cm³/mol. The Balaban J connectivity index is 1.80. The Kier molecular flexibility index (Phi) is 4.63. The number of likely N-dealkylation sites (tertiary alicyclic amines) is 1. The number of piperidine rings is 1. The van der Waals surface area contributed by atoms with Crippen LogP contribution in [0, 0.1) is 0 Å². The lowest BCUT2D eigenvalue weighted by atomic mass is 10.1. The van der Waals surface area contributed by atoms with E-state index in [2.05, 4.69) is 21.9 Å². The highest BCUT2D eigenvalue weighted by molar-refractivity contribution is 5.13. The highest BCUT2D eigenvalue weighted by Gasteiger charge is 2.10. The number of hydrogen-bond acceptors (Lipinski definition) is 2. The van der Waals surface area contributed by atoms with E-state index >= 15 is 0 Å². The minimum Gasteiger partial charge on any atom is -0.388 e. The number of aliphatic hydroxyl groups is 1. The summed E-state index contributed by atoms with van der Waals surface area (Å²) in [4.78, 5) is 2.54. The van der Waals surface area contributed by atoms with Gasteiger partial charge in [-0.05, 0) is 44.0 Å². The van der Waals surface area contributed by atoms with Crippen LogP contribution >= 0.6 is 0 Å². The Morgan fingerprint density at radius 1 is 1.24 bits per heavy atom. The van der Waals surface area contributed by atoms with Gasteiger partial charge in [0, 0.05) is 25.5 Å². The van der Waals surface area contributed by atoms with E-state index in [1.807, 2.05) is 13.0 Å². The Morgan fingerprint density at radius 2 is 2.00 bits per heavy atom. The molecule has 1 aliphatic rings. The Bertz CT molecular complexity index is 329. The molecule has 1 saturated heterocycles. The fourth-order valence-electron chi connectivity index (χ4n) is 2.47. The van der Waals surface area contributed by atoms with Gasteiger partial charge in [-0.3, -0.25) is 0 Å². The van der Waals surface area contributed by atoms with Crippen molar-refractivity contribution in [3.8, 4) is 0 Å². The van der Waals surface area contributed by atoms with Crippen molar-refractivity contribution in [3.63, 3.8) is 0 Å². The van der Waals surface area contributed by atoms with Crippen LogP contribution in [-0.2, 0) is 6.54 Å². The SMILES string of the molecule is CCC(O)c1ccn(CCN2CCCCC2)c1. The molecule has 0 spiro atoms. The highest BCUT2D eigenvalue weighted by Crippen LogP contribution is 2.16. The third-order valence-electron chi connectivity index (χ3n) is 3.67. The molecule has 1 N–H and O–H groups in total. The molecule has 1 fully saturated rings. The minimum atomic E-state index is -0.300. The van der Waals surface area contributed by atoms with Crippen molar-refractivity contribution < 1.29 is 5.11 Å². The standard InChI is InChI=1S/C14H24N2O/c1-2-14(17)13-6-9-16(12-13)11-10-15-7-4-3-5-8-15/h6,9,12,14,17H,2-5,7-8,10-11H2,1H3. The van der Waals surface area contributed by atoms with Gasteiger partial charge >= 0.3 is 0 Å². The summed E-state index contributed by atoms with van der Waals surface area (Å²) in [5.74, 6) is 0. The van der Waals surface area contributed by atoms with Crippen LogP contribution in [0.2, 0.25) is 0 Å². The number of hydrogen-bond donors (Lipinski definition) is 1. The molecule has 0 amide bonds. The molecule has 0 bridgehead atoms. The molecule has 1 aromatic rings. The zero-order chi connectivity index (χ0) is 12.1.